The van der Waals surface area contributed by atoms with Gasteiger partial charge in [-0.1, -0.05) is 6.07 Å². The van der Waals surface area contributed by atoms with Crippen LogP contribution >= 0.6 is 24.8 Å². The van der Waals surface area contributed by atoms with Gasteiger partial charge in [0.05, 0.1) is 0 Å². The number of hydrogen-bond donors (Lipinski definition) is 1. The predicted octanol–water partition coefficient (Wildman–Crippen LogP) is 2.40. The molecule has 1 unspecified atom stereocenters. The molecule has 0 amide bonds. The van der Waals surface area contributed by atoms with Crippen molar-refractivity contribution in [3.05, 3.63) is 30.1 Å². The van der Waals surface area contributed by atoms with E-state index in [1.807, 2.05) is 18.5 Å². The van der Waals surface area contributed by atoms with Gasteiger partial charge in [-0.05, 0) is 56.9 Å². The normalized spacial score (nSPS) is 19.3. The molecule has 0 spiro atoms. The van der Waals surface area contributed by atoms with Crippen molar-refractivity contribution in [3.63, 3.8) is 0 Å². The second kappa shape index (κ2) is 10.4. The molecule has 0 saturated carbocycles. The van der Waals surface area contributed by atoms with Gasteiger partial charge in [0, 0.05) is 25.5 Å². The summed E-state index contributed by atoms with van der Waals surface area (Å²) < 4.78 is 0. The molecule has 3 nitrogen and oxygen atoms in total. The first kappa shape index (κ1) is 18.7. The number of halogens is 2. The summed E-state index contributed by atoms with van der Waals surface area (Å²) in [6.07, 6.45) is 7.67. The molecule has 0 radical (unpaired) electrons. The van der Waals surface area contributed by atoms with Gasteiger partial charge in [0.2, 0.25) is 0 Å². The van der Waals surface area contributed by atoms with E-state index in [-0.39, 0.29) is 24.8 Å². The van der Waals surface area contributed by atoms with Crippen LogP contribution in [0.1, 0.15) is 18.4 Å². The fourth-order valence-corrected chi connectivity index (χ4v) is 2.64. The maximum atomic E-state index is 4.16. The molecule has 2 heterocycles. The number of aromatic nitrogens is 1. The number of nitrogens with one attached hydrogen (secondary N) is 1. The molecule has 2 rings (SSSR count). The molecule has 19 heavy (non-hydrogen) atoms. The van der Waals surface area contributed by atoms with Crippen molar-refractivity contribution in [2.75, 3.05) is 33.2 Å². The number of hydrogen-bond acceptors (Lipinski definition) is 3. The molecule has 1 aromatic rings. The summed E-state index contributed by atoms with van der Waals surface area (Å²) in [6, 6.07) is 4.19. The van der Waals surface area contributed by atoms with Crippen LogP contribution < -0.4 is 5.32 Å². The molecule has 1 aliphatic rings. The number of pyridine rings is 1. The van der Waals surface area contributed by atoms with E-state index in [1.54, 1.807) is 0 Å². The van der Waals surface area contributed by atoms with Crippen molar-refractivity contribution in [1.29, 1.82) is 0 Å². The zero-order valence-electron chi connectivity index (χ0n) is 11.5. The summed E-state index contributed by atoms with van der Waals surface area (Å²) in [7, 11) is 2.05. The van der Waals surface area contributed by atoms with Crippen LogP contribution in [0.25, 0.3) is 0 Å². The lowest BCUT2D eigenvalue weighted by molar-refractivity contribution is 0.175. The molecule has 0 bridgehead atoms. The Morgan fingerprint density at radius 2 is 2.26 bits per heavy atom. The molecule has 1 fully saturated rings. The minimum Gasteiger partial charge on any atom is -0.319 e. The Hall–Kier alpha value is -0.350. The van der Waals surface area contributed by atoms with Gasteiger partial charge in [-0.2, -0.15) is 0 Å². The molecule has 1 saturated heterocycles. The summed E-state index contributed by atoms with van der Waals surface area (Å²) in [5, 5.41) is 3.30. The minimum absolute atomic E-state index is 0. The topological polar surface area (TPSA) is 28.2 Å². The third-order valence-corrected chi connectivity index (χ3v) is 3.54. The van der Waals surface area contributed by atoms with Crippen molar-refractivity contribution in [2.45, 2.75) is 19.3 Å². The van der Waals surface area contributed by atoms with Crippen molar-refractivity contribution in [3.8, 4) is 0 Å². The van der Waals surface area contributed by atoms with Gasteiger partial charge >= 0.3 is 0 Å². The van der Waals surface area contributed by atoms with Crippen LogP contribution in [0.4, 0.5) is 0 Å². The molecular formula is C14H25Cl2N3. The number of likely N-dealkylation sites (tertiary alicyclic amines) is 1. The molecule has 1 aliphatic heterocycles. The summed E-state index contributed by atoms with van der Waals surface area (Å²) in [6.45, 7) is 4.84. The summed E-state index contributed by atoms with van der Waals surface area (Å²) >= 11 is 0. The van der Waals surface area contributed by atoms with E-state index in [0.717, 1.165) is 18.9 Å². The quantitative estimate of drug-likeness (QED) is 0.905. The van der Waals surface area contributed by atoms with Crippen molar-refractivity contribution < 1.29 is 0 Å². The van der Waals surface area contributed by atoms with E-state index in [0.29, 0.717) is 0 Å². The average molecular weight is 306 g/mol. The third-order valence-electron chi connectivity index (χ3n) is 3.54. The minimum atomic E-state index is 0. The molecule has 1 aromatic heterocycles. The Kier molecular flexibility index (Phi) is 10.2. The Morgan fingerprint density at radius 3 is 2.95 bits per heavy atom. The molecule has 1 atom stereocenters. The smallest absolute Gasteiger partial charge is 0.0300 e. The van der Waals surface area contributed by atoms with Gasteiger partial charge in [0.25, 0.3) is 0 Å². The molecule has 5 heteroatoms. The maximum absolute atomic E-state index is 4.16. The first-order valence-electron chi connectivity index (χ1n) is 6.64. The highest BCUT2D eigenvalue weighted by Crippen LogP contribution is 2.15. The number of rotatable bonds is 5. The Morgan fingerprint density at radius 1 is 1.42 bits per heavy atom. The Labute approximate surface area is 129 Å². The fraction of sp³-hybridized carbons (Fsp3) is 0.643. The number of piperidine rings is 1. The maximum Gasteiger partial charge on any atom is 0.0300 e. The van der Waals surface area contributed by atoms with E-state index in [9.17, 15) is 0 Å². The second-order valence-electron chi connectivity index (χ2n) is 4.98. The molecule has 0 aromatic carbocycles. The standard InChI is InChI=1S/C14H23N3.2ClH/c1-15-10-14-5-3-8-17(12-14)9-6-13-4-2-7-16-11-13;;/h2,4,7,11,14-15H,3,5-6,8-10,12H2,1H3;2*1H. The highest BCUT2D eigenvalue weighted by Gasteiger charge is 2.18. The number of nitrogens with zero attached hydrogens (tertiary/aromatic N) is 2. The fourth-order valence-electron chi connectivity index (χ4n) is 2.64. The van der Waals surface area contributed by atoms with E-state index < -0.39 is 0 Å². The van der Waals surface area contributed by atoms with Crippen LogP contribution in [0.5, 0.6) is 0 Å². The van der Waals surface area contributed by atoms with E-state index in [4.69, 9.17) is 0 Å². The predicted molar refractivity (Wildman–Crippen MR) is 85.5 cm³/mol. The van der Waals surface area contributed by atoms with Crippen molar-refractivity contribution >= 4 is 24.8 Å². The molecule has 1 N–H and O–H groups in total. The van der Waals surface area contributed by atoms with Crippen LogP contribution in [0, 0.1) is 5.92 Å². The lowest BCUT2D eigenvalue weighted by atomic mass is 9.98. The zero-order chi connectivity index (χ0) is 11.9. The van der Waals surface area contributed by atoms with E-state index >= 15 is 0 Å². The summed E-state index contributed by atoms with van der Waals surface area (Å²) in [5.74, 6) is 0.836. The van der Waals surface area contributed by atoms with Crippen LogP contribution in [-0.2, 0) is 6.42 Å². The zero-order valence-corrected chi connectivity index (χ0v) is 13.2. The lowest BCUT2D eigenvalue weighted by Gasteiger charge is -2.32. The van der Waals surface area contributed by atoms with Gasteiger partial charge in [-0.25, -0.2) is 0 Å². The SMILES string of the molecule is CNCC1CCCN(CCc2cccnc2)C1.Cl.Cl. The highest BCUT2D eigenvalue weighted by molar-refractivity contribution is 5.85. The van der Waals surface area contributed by atoms with E-state index in [2.05, 4.69) is 28.3 Å². The molecule has 110 valence electrons. The van der Waals surface area contributed by atoms with Gasteiger partial charge in [0.1, 0.15) is 0 Å². The van der Waals surface area contributed by atoms with Gasteiger partial charge in [-0.15, -0.1) is 24.8 Å². The Balaban J connectivity index is 0.00000162. The van der Waals surface area contributed by atoms with Crippen LogP contribution in [0.15, 0.2) is 24.5 Å². The van der Waals surface area contributed by atoms with Gasteiger partial charge in [-0.3, -0.25) is 4.98 Å². The van der Waals surface area contributed by atoms with Crippen molar-refractivity contribution in [1.82, 2.24) is 15.2 Å². The first-order valence-corrected chi connectivity index (χ1v) is 6.64. The summed E-state index contributed by atoms with van der Waals surface area (Å²) in [5.41, 5.74) is 1.35. The first-order chi connectivity index (χ1) is 8.38. The van der Waals surface area contributed by atoms with Crippen LogP contribution in [-0.4, -0.2) is 43.1 Å². The average Bonchev–Trinajstić information content (AvgIpc) is 2.39. The molecular weight excluding hydrogens is 281 g/mol. The van der Waals surface area contributed by atoms with E-state index in [1.165, 1.54) is 38.0 Å². The largest absolute Gasteiger partial charge is 0.319 e. The lowest BCUT2D eigenvalue weighted by Crippen LogP contribution is -2.39. The molecule has 0 aliphatic carbocycles. The van der Waals surface area contributed by atoms with Crippen molar-refractivity contribution in [2.24, 2.45) is 5.92 Å². The van der Waals surface area contributed by atoms with Gasteiger partial charge in [0.15, 0.2) is 0 Å². The second-order valence-corrected chi connectivity index (χ2v) is 4.98. The van der Waals surface area contributed by atoms with Gasteiger partial charge < -0.3 is 10.2 Å². The third kappa shape index (κ3) is 6.57. The van der Waals surface area contributed by atoms with Crippen LogP contribution in [0.3, 0.4) is 0 Å². The summed E-state index contributed by atoms with van der Waals surface area (Å²) in [4.78, 5) is 6.76. The Bertz CT molecular complexity index is 320. The highest BCUT2D eigenvalue weighted by atomic mass is 35.5. The van der Waals surface area contributed by atoms with Crippen LogP contribution in [0.2, 0.25) is 0 Å². The monoisotopic (exact) mass is 305 g/mol.